The lowest BCUT2D eigenvalue weighted by atomic mass is 10.0. The first kappa shape index (κ1) is 11.4. The van der Waals surface area contributed by atoms with E-state index in [1.807, 2.05) is 18.2 Å². The maximum absolute atomic E-state index is 11.5. The van der Waals surface area contributed by atoms with Crippen LogP contribution in [0.15, 0.2) is 30.3 Å². The molecule has 0 aliphatic carbocycles. The Morgan fingerprint density at radius 2 is 1.87 bits per heavy atom. The number of Topliss-reactive ketones (excluding diaryl/α,β-unsaturated/α-hetero) is 1. The molecule has 15 heavy (non-hydrogen) atoms. The molecule has 0 aliphatic heterocycles. The van der Waals surface area contributed by atoms with Crippen LogP contribution in [0.25, 0.3) is 0 Å². The van der Waals surface area contributed by atoms with E-state index in [1.165, 1.54) is 6.42 Å². The SMILES string of the molecule is NC(=O)C[C@H](N)C(=O)[CH]c1ccccc1. The molecular weight excluding hydrogens is 192 g/mol. The number of rotatable bonds is 5. The Labute approximate surface area is 88.3 Å². The zero-order valence-electron chi connectivity index (χ0n) is 8.22. The van der Waals surface area contributed by atoms with E-state index >= 15 is 0 Å². The smallest absolute Gasteiger partial charge is 0.219 e. The number of carbonyl (C=O) groups excluding carboxylic acids is 2. The maximum atomic E-state index is 11.5. The van der Waals surface area contributed by atoms with Crippen molar-refractivity contribution in [1.29, 1.82) is 0 Å². The number of benzene rings is 1. The normalized spacial score (nSPS) is 12.1. The van der Waals surface area contributed by atoms with Crippen molar-refractivity contribution in [3.8, 4) is 0 Å². The van der Waals surface area contributed by atoms with Gasteiger partial charge in [-0.25, -0.2) is 0 Å². The number of primary amides is 1. The van der Waals surface area contributed by atoms with Crippen LogP contribution >= 0.6 is 0 Å². The number of hydrogen-bond acceptors (Lipinski definition) is 3. The Morgan fingerprint density at radius 1 is 1.27 bits per heavy atom. The van der Waals surface area contributed by atoms with E-state index in [1.54, 1.807) is 12.1 Å². The minimum atomic E-state index is -0.845. The molecule has 0 aliphatic rings. The number of hydrogen-bond donors (Lipinski definition) is 2. The summed E-state index contributed by atoms with van der Waals surface area (Å²) < 4.78 is 0. The Kier molecular flexibility index (Phi) is 4.00. The predicted molar refractivity (Wildman–Crippen MR) is 56.6 cm³/mol. The number of ketones is 1. The molecule has 0 bridgehead atoms. The molecular formula is C11H13N2O2. The summed E-state index contributed by atoms with van der Waals surface area (Å²) in [7, 11) is 0. The molecule has 0 unspecified atom stereocenters. The van der Waals surface area contributed by atoms with Crippen molar-refractivity contribution in [3.05, 3.63) is 42.3 Å². The summed E-state index contributed by atoms with van der Waals surface area (Å²) in [6.45, 7) is 0. The highest BCUT2D eigenvalue weighted by atomic mass is 16.1. The number of carbonyl (C=O) groups is 2. The third kappa shape index (κ3) is 3.91. The van der Waals surface area contributed by atoms with Gasteiger partial charge in [0.2, 0.25) is 5.91 Å². The van der Waals surface area contributed by atoms with Crippen molar-refractivity contribution in [1.82, 2.24) is 0 Å². The second kappa shape index (κ2) is 5.26. The molecule has 4 heteroatoms. The van der Waals surface area contributed by atoms with Crippen LogP contribution in [0.5, 0.6) is 0 Å². The minimum absolute atomic E-state index is 0.123. The van der Waals surface area contributed by atoms with Gasteiger partial charge in [-0.05, 0) is 5.56 Å². The van der Waals surface area contributed by atoms with Crippen LogP contribution in [0, 0.1) is 6.42 Å². The molecule has 1 aromatic rings. The van der Waals surface area contributed by atoms with Crippen molar-refractivity contribution < 1.29 is 9.59 Å². The average molecular weight is 205 g/mol. The van der Waals surface area contributed by atoms with Crippen molar-refractivity contribution in [2.75, 3.05) is 0 Å². The largest absolute Gasteiger partial charge is 0.370 e. The summed E-state index contributed by atoms with van der Waals surface area (Å²) in [5.74, 6) is -0.864. The molecule has 1 radical (unpaired) electrons. The monoisotopic (exact) mass is 205 g/mol. The van der Waals surface area contributed by atoms with Crippen LogP contribution in [0.1, 0.15) is 12.0 Å². The van der Waals surface area contributed by atoms with Gasteiger partial charge in [0.15, 0.2) is 5.78 Å². The summed E-state index contributed by atoms with van der Waals surface area (Å²) in [5, 5.41) is 0. The Balaban J connectivity index is 2.52. The molecule has 1 rings (SSSR count). The number of amides is 1. The first-order valence-corrected chi connectivity index (χ1v) is 4.57. The summed E-state index contributed by atoms with van der Waals surface area (Å²) in [5.41, 5.74) is 11.2. The molecule has 0 saturated heterocycles. The summed E-state index contributed by atoms with van der Waals surface area (Å²) in [6, 6.07) is 8.22. The highest BCUT2D eigenvalue weighted by molar-refractivity contribution is 5.97. The third-order valence-corrected chi connectivity index (χ3v) is 1.90. The van der Waals surface area contributed by atoms with Crippen LogP contribution in [-0.2, 0) is 9.59 Å². The minimum Gasteiger partial charge on any atom is -0.370 e. The van der Waals surface area contributed by atoms with Gasteiger partial charge < -0.3 is 11.5 Å². The van der Waals surface area contributed by atoms with E-state index in [4.69, 9.17) is 11.5 Å². The van der Waals surface area contributed by atoms with Gasteiger partial charge in [0, 0.05) is 6.42 Å². The second-order valence-electron chi connectivity index (χ2n) is 3.23. The Morgan fingerprint density at radius 3 is 2.40 bits per heavy atom. The molecule has 1 amide bonds. The quantitative estimate of drug-likeness (QED) is 0.710. The molecule has 79 valence electrons. The maximum Gasteiger partial charge on any atom is 0.219 e. The first-order chi connectivity index (χ1) is 7.09. The molecule has 0 aromatic heterocycles. The molecule has 1 aromatic carbocycles. The highest BCUT2D eigenvalue weighted by Gasteiger charge is 2.16. The van der Waals surface area contributed by atoms with Gasteiger partial charge >= 0.3 is 0 Å². The topological polar surface area (TPSA) is 86.2 Å². The lowest BCUT2D eigenvalue weighted by Gasteiger charge is -2.07. The van der Waals surface area contributed by atoms with Gasteiger partial charge in [-0.3, -0.25) is 9.59 Å². The van der Waals surface area contributed by atoms with Crippen molar-refractivity contribution >= 4 is 11.7 Å². The van der Waals surface area contributed by atoms with Crippen molar-refractivity contribution in [2.45, 2.75) is 12.5 Å². The molecule has 0 spiro atoms. The Hall–Kier alpha value is -1.68. The standard InChI is InChI=1S/C11H13N2O2/c12-9(7-11(13)15)10(14)6-8-4-2-1-3-5-8/h1-6,9H,7,12H2,(H2,13,15)/t9-/m0/s1. The zero-order chi connectivity index (χ0) is 11.3. The van der Waals surface area contributed by atoms with E-state index in [2.05, 4.69) is 0 Å². The highest BCUT2D eigenvalue weighted by Crippen LogP contribution is 2.04. The lowest BCUT2D eigenvalue weighted by Crippen LogP contribution is -2.35. The first-order valence-electron chi connectivity index (χ1n) is 4.57. The summed E-state index contributed by atoms with van der Waals surface area (Å²) in [6.07, 6.45) is 1.29. The molecule has 1 atom stereocenters. The van der Waals surface area contributed by atoms with Gasteiger partial charge in [-0.15, -0.1) is 0 Å². The Bertz CT molecular complexity index is 349. The predicted octanol–water partition coefficient (Wildman–Crippen LogP) is 0.0108. The van der Waals surface area contributed by atoms with Crippen molar-refractivity contribution in [2.24, 2.45) is 11.5 Å². The molecule has 4 N–H and O–H groups in total. The summed E-state index contributed by atoms with van der Waals surface area (Å²) >= 11 is 0. The molecule has 0 heterocycles. The zero-order valence-corrected chi connectivity index (χ0v) is 8.22. The van der Waals surface area contributed by atoms with Crippen LogP contribution in [0.4, 0.5) is 0 Å². The van der Waals surface area contributed by atoms with Crippen LogP contribution in [0.2, 0.25) is 0 Å². The van der Waals surface area contributed by atoms with Crippen LogP contribution in [0.3, 0.4) is 0 Å². The van der Waals surface area contributed by atoms with E-state index in [0.717, 1.165) is 5.56 Å². The molecule has 0 fully saturated rings. The van der Waals surface area contributed by atoms with Crippen LogP contribution in [-0.4, -0.2) is 17.7 Å². The van der Waals surface area contributed by atoms with E-state index < -0.39 is 11.9 Å². The fourth-order valence-electron chi connectivity index (χ4n) is 1.14. The van der Waals surface area contributed by atoms with E-state index in [0.29, 0.717) is 0 Å². The lowest BCUT2D eigenvalue weighted by molar-refractivity contribution is -0.123. The van der Waals surface area contributed by atoms with Crippen molar-refractivity contribution in [3.63, 3.8) is 0 Å². The van der Waals surface area contributed by atoms with E-state index in [-0.39, 0.29) is 12.2 Å². The van der Waals surface area contributed by atoms with Gasteiger partial charge in [-0.2, -0.15) is 0 Å². The van der Waals surface area contributed by atoms with Crippen LogP contribution < -0.4 is 11.5 Å². The fourth-order valence-corrected chi connectivity index (χ4v) is 1.14. The summed E-state index contributed by atoms with van der Waals surface area (Å²) in [4.78, 5) is 22.0. The average Bonchev–Trinajstić information content (AvgIpc) is 2.18. The van der Waals surface area contributed by atoms with Gasteiger partial charge in [-0.1, -0.05) is 30.3 Å². The van der Waals surface area contributed by atoms with E-state index in [9.17, 15) is 9.59 Å². The second-order valence-corrected chi connectivity index (χ2v) is 3.23. The molecule has 4 nitrogen and oxygen atoms in total. The third-order valence-electron chi connectivity index (χ3n) is 1.90. The molecule has 0 saturated carbocycles. The van der Waals surface area contributed by atoms with Gasteiger partial charge in [0.05, 0.1) is 12.5 Å². The fraction of sp³-hybridized carbons (Fsp3) is 0.182. The van der Waals surface area contributed by atoms with Gasteiger partial charge in [0.1, 0.15) is 0 Å². The van der Waals surface area contributed by atoms with Gasteiger partial charge in [0.25, 0.3) is 0 Å². The number of nitrogens with two attached hydrogens (primary N) is 2.